The fourth-order valence-electron chi connectivity index (χ4n) is 3.45. The van der Waals surface area contributed by atoms with E-state index < -0.39 is 0 Å². The van der Waals surface area contributed by atoms with E-state index in [1.54, 1.807) is 0 Å². The number of nitrogens with one attached hydrogen (secondary N) is 1. The van der Waals surface area contributed by atoms with Gasteiger partial charge in [-0.3, -0.25) is 0 Å². The summed E-state index contributed by atoms with van der Waals surface area (Å²) in [5.74, 6) is 1.45. The highest BCUT2D eigenvalue weighted by atomic mass is 32.1. The van der Waals surface area contributed by atoms with Gasteiger partial charge in [0.25, 0.3) is 0 Å². The molecular formula is C18H22N2S. The molecule has 0 amide bonds. The molecule has 1 aromatic carbocycles. The van der Waals surface area contributed by atoms with E-state index in [9.17, 15) is 0 Å². The normalized spacial score (nSPS) is 16.8. The van der Waals surface area contributed by atoms with Crippen molar-refractivity contribution in [3.05, 3.63) is 57.6 Å². The first-order valence-electron chi connectivity index (χ1n) is 7.71. The Bertz CT molecular complexity index is 697. The van der Waals surface area contributed by atoms with Gasteiger partial charge in [0.15, 0.2) is 0 Å². The van der Waals surface area contributed by atoms with Crippen molar-refractivity contribution in [2.75, 3.05) is 0 Å². The quantitative estimate of drug-likeness (QED) is 0.804. The van der Waals surface area contributed by atoms with Crippen molar-refractivity contribution in [3.63, 3.8) is 0 Å². The van der Waals surface area contributed by atoms with Crippen LogP contribution in [0.3, 0.4) is 0 Å². The van der Waals surface area contributed by atoms with Crippen molar-refractivity contribution in [3.8, 4) is 0 Å². The lowest BCUT2D eigenvalue weighted by Crippen LogP contribution is -2.37. The topological polar surface area (TPSA) is 28.7 Å². The van der Waals surface area contributed by atoms with E-state index in [-0.39, 0.29) is 5.41 Å². The van der Waals surface area contributed by atoms with E-state index in [1.807, 2.05) is 0 Å². The number of H-pyrrole nitrogens is 1. The van der Waals surface area contributed by atoms with Gasteiger partial charge in [-0.15, -0.1) is 0 Å². The van der Waals surface area contributed by atoms with Crippen molar-refractivity contribution >= 4 is 12.2 Å². The van der Waals surface area contributed by atoms with Crippen LogP contribution in [0.5, 0.6) is 0 Å². The molecule has 1 heterocycles. The lowest BCUT2D eigenvalue weighted by Gasteiger charge is -2.41. The minimum absolute atomic E-state index is 0.0368. The van der Waals surface area contributed by atoms with Gasteiger partial charge in [-0.2, -0.15) is 0 Å². The molecule has 0 aliphatic heterocycles. The maximum Gasteiger partial charge on any atom is 0.133 e. The summed E-state index contributed by atoms with van der Waals surface area (Å²) in [6.07, 6.45) is 3.55. The number of nitrogens with zero attached hydrogens (tertiary/aromatic N) is 1. The second-order valence-electron chi connectivity index (χ2n) is 6.39. The summed E-state index contributed by atoms with van der Waals surface area (Å²) < 4.78 is 0.762. The van der Waals surface area contributed by atoms with Crippen molar-refractivity contribution in [1.29, 1.82) is 0 Å². The average molecular weight is 298 g/mol. The van der Waals surface area contributed by atoms with Crippen LogP contribution in [0.1, 0.15) is 61.7 Å². The summed E-state index contributed by atoms with van der Waals surface area (Å²) in [5, 5.41) is 0. The minimum Gasteiger partial charge on any atom is -0.346 e. The smallest absolute Gasteiger partial charge is 0.133 e. The average Bonchev–Trinajstić information content (AvgIpc) is 2.37. The molecule has 0 saturated heterocycles. The van der Waals surface area contributed by atoms with Crippen molar-refractivity contribution < 1.29 is 0 Å². The lowest BCUT2D eigenvalue weighted by atomic mass is 9.64. The zero-order valence-corrected chi connectivity index (χ0v) is 13.8. The lowest BCUT2D eigenvalue weighted by molar-refractivity contribution is 0.284. The first kappa shape index (κ1) is 14.5. The number of rotatable bonds is 3. The predicted molar refractivity (Wildman–Crippen MR) is 89.3 cm³/mol. The molecule has 1 saturated carbocycles. The first-order chi connectivity index (χ1) is 10.0. The van der Waals surface area contributed by atoms with Gasteiger partial charge in [-0.1, -0.05) is 62.8 Å². The summed E-state index contributed by atoms with van der Waals surface area (Å²) >= 11 is 5.56. The van der Waals surface area contributed by atoms with E-state index in [2.05, 4.69) is 56.1 Å². The SMILES string of the molecule is Cc1[nH]c(C2(c3ccccc3)CCC2)nc(=S)c1C(C)C. The molecule has 3 rings (SSSR count). The second-order valence-corrected chi connectivity index (χ2v) is 6.77. The van der Waals surface area contributed by atoms with E-state index >= 15 is 0 Å². The molecule has 3 heteroatoms. The second kappa shape index (κ2) is 5.38. The van der Waals surface area contributed by atoms with Crippen LogP contribution in [0.25, 0.3) is 0 Å². The molecule has 0 radical (unpaired) electrons. The third-order valence-corrected chi connectivity index (χ3v) is 5.03. The summed E-state index contributed by atoms with van der Waals surface area (Å²) in [6.45, 7) is 6.46. The van der Waals surface area contributed by atoms with Crippen LogP contribution in [-0.4, -0.2) is 9.97 Å². The Morgan fingerprint density at radius 3 is 2.33 bits per heavy atom. The van der Waals surface area contributed by atoms with Crippen LogP contribution in [0.15, 0.2) is 30.3 Å². The summed E-state index contributed by atoms with van der Waals surface area (Å²) in [7, 11) is 0. The number of aromatic amines is 1. The van der Waals surface area contributed by atoms with Gasteiger partial charge in [-0.25, -0.2) is 4.98 Å². The Kier molecular flexibility index (Phi) is 3.70. The fourth-order valence-corrected chi connectivity index (χ4v) is 3.93. The maximum atomic E-state index is 5.56. The van der Waals surface area contributed by atoms with Crippen LogP contribution in [-0.2, 0) is 5.41 Å². The fraction of sp³-hybridized carbons (Fsp3) is 0.444. The first-order valence-corrected chi connectivity index (χ1v) is 8.12. The zero-order valence-electron chi connectivity index (χ0n) is 12.9. The van der Waals surface area contributed by atoms with Gasteiger partial charge in [0, 0.05) is 11.3 Å². The Hall–Kier alpha value is -1.48. The van der Waals surface area contributed by atoms with Crippen LogP contribution in [0, 0.1) is 11.6 Å². The molecule has 1 fully saturated rings. The highest BCUT2D eigenvalue weighted by Crippen LogP contribution is 2.47. The predicted octanol–water partition coefficient (Wildman–Crippen LogP) is 5.04. The Balaban J connectivity index is 2.14. The van der Waals surface area contributed by atoms with Crippen molar-refractivity contribution in [1.82, 2.24) is 9.97 Å². The summed E-state index contributed by atoms with van der Waals surface area (Å²) in [4.78, 5) is 8.35. The monoisotopic (exact) mass is 298 g/mol. The molecule has 0 atom stereocenters. The minimum atomic E-state index is 0.0368. The van der Waals surface area contributed by atoms with E-state index in [4.69, 9.17) is 17.2 Å². The van der Waals surface area contributed by atoms with Crippen molar-refractivity contribution in [2.45, 2.75) is 51.4 Å². The number of hydrogen-bond acceptors (Lipinski definition) is 2. The zero-order chi connectivity index (χ0) is 15.0. The largest absolute Gasteiger partial charge is 0.346 e. The molecule has 1 aliphatic carbocycles. The van der Waals surface area contributed by atoms with Crippen LogP contribution >= 0.6 is 12.2 Å². The molecule has 0 spiro atoms. The van der Waals surface area contributed by atoms with Crippen LogP contribution in [0.2, 0.25) is 0 Å². The number of hydrogen-bond donors (Lipinski definition) is 1. The molecule has 110 valence electrons. The van der Waals surface area contributed by atoms with E-state index in [1.165, 1.54) is 23.2 Å². The van der Waals surface area contributed by atoms with Gasteiger partial charge in [-0.05, 0) is 31.2 Å². The van der Waals surface area contributed by atoms with Crippen LogP contribution in [0.4, 0.5) is 0 Å². The molecule has 1 N–H and O–H groups in total. The van der Waals surface area contributed by atoms with E-state index in [0.29, 0.717) is 5.92 Å². The van der Waals surface area contributed by atoms with Gasteiger partial charge in [0.05, 0.1) is 5.41 Å². The molecule has 0 unspecified atom stereocenters. The van der Waals surface area contributed by atoms with Gasteiger partial charge in [0.1, 0.15) is 10.5 Å². The van der Waals surface area contributed by atoms with Crippen LogP contribution < -0.4 is 0 Å². The standard InChI is InChI=1S/C18H22N2S/c1-12(2)15-13(3)19-17(20-16(15)21)18(10-7-11-18)14-8-5-4-6-9-14/h4-6,8-9,12H,7,10-11H2,1-3H3,(H,19,20,21). The third-order valence-electron chi connectivity index (χ3n) is 4.72. The Labute approximate surface area is 131 Å². The van der Waals surface area contributed by atoms with Gasteiger partial charge in [0.2, 0.25) is 0 Å². The molecule has 1 aliphatic rings. The van der Waals surface area contributed by atoms with E-state index in [0.717, 1.165) is 23.3 Å². The molecule has 2 nitrogen and oxygen atoms in total. The molecule has 2 aromatic rings. The van der Waals surface area contributed by atoms with Gasteiger partial charge < -0.3 is 4.98 Å². The summed E-state index contributed by atoms with van der Waals surface area (Å²) in [5.41, 5.74) is 3.74. The Morgan fingerprint density at radius 1 is 1.19 bits per heavy atom. The Morgan fingerprint density at radius 2 is 1.86 bits per heavy atom. The molecule has 1 aromatic heterocycles. The number of aromatic nitrogens is 2. The third kappa shape index (κ3) is 2.34. The summed E-state index contributed by atoms with van der Waals surface area (Å²) in [6, 6.07) is 10.7. The van der Waals surface area contributed by atoms with Crippen molar-refractivity contribution in [2.24, 2.45) is 0 Å². The highest BCUT2D eigenvalue weighted by Gasteiger charge is 2.42. The number of benzene rings is 1. The molecular weight excluding hydrogens is 276 g/mol. The van der Waals surface area contributed by atoms with Gasteiger partial charge >= 0.3 is 0 Å². The molecule has 0 bridgehead atoms. The highest BCUT2D eigenvalue weighted by molar-refractivity contribution is 7.71. The maximum absolute atomic E-state index is 5.56. The molecule has 21 heavy (non-hydrogen) atoms. The number of aryl methyl sites for hydroxylation is 1.